The molecule has 2 heterocycles. The van der Waals surface area contributed by atoms with Crippen molar-refractivity contribution in [3.8, 4) is 46.2 Å². The second-order valence-corrected chi connectivity index (χ2v) is 7.73. The molecule has 0 radical (unpaired) electrons. The van der Waals surface area contributed by atoms with Crippen LogP contribution in [0.5, 0.6) is 11.5 Å². The third-order valence-corrected chi connectivity index (χ3v) is 5.12. The summed E-state index contributed by atoms with van der Waals surface area (Å²) in [4.78, 5) is 18.2. The van der Waals surface area contributed by atoms with Gasteiger partial charge in [0.15, 0.2) is 5.69 Å². The van der Waals surface area contributed by atoms with Crippen molar-refractivity contribution in [2.75, 3.05) is 13.2 Å². The number of benzene rings is 1. The summed E-state index contributed by atoms with van der Waals surface area (Å²) in [5.41, 5.74) is 5.07. The number of halogens is 6. The van der Waals surface area contributed by atoms with E-state index in [9.17, 15) is 36.2 Å². The zero-order valence-corrected chi connectivity index (χ0v) is 19.5. The largest absolute Gasteiger partial charge is 0.506 e. The molecule has 0 spiro atoms. The molecule has 0 bridgehead atoms. The number of nitrogens with zero attached hydrogens (tertiary/aromatic N) is 5. The predicted octanol–water partition coefficient (Wildman–Crippen LogP) is 5.08. The molecule has 3 aromatic rings. The van der Waals surface area contributed by atoms with Crippen LogP contribution in [0, 0.1) is 12.3 Å². The number of carbonyl (C=O) groups is 1. The van der Waals surface area contributed by atoms with Crippen LogP contribution >= 0.6 is 0 Å². The Morgan fingerprint density at radius 1 is 1.23 bits per heavy atom. The number of terminal acetylenes is 1. The lowest BCUT2D eigenvalue weighted by Gasteiger charge is -2.17. The van der Waals surface area contributed by atoms with E-state index < -0.39 is 41.3 Å². The fraction of sp³-hybridized carbons (Fsp3) is 0.261. The molecule has 0 aliphatic rings. The maximum Gasteiger partial charge on any atom is 0.435 e. The number of hydrogen-bond donors (Lipinski definition) is 3. The topological polar surface area (TPSA) is 149 Å². The number of carbonyl (C=O) groups excluding carboxylic acids is 1. The number of pyridine rings is 1. The van der Waals surface area contributed by atoms with Crippen LogP contribution in [0.1, 0.15) is 17.7 Å². The van der Waals surface area contributed by atoms with Gasteiger partial charge in [-0.25, -0.2) is 0 Å². The third kappa shape index (κ3) is 6.90. The van der Waals surface area contributed by atoms with Gasteiger partial charge < -0.3 is 15.2 Å². The lowest BCUT2D eigenvalue weighted by molar-refractivity contribution is -0.141. The summed E-state index contributed by atoms with van der Waals surface area (Å²) in [7, 11) is 0. The molecule has 0 saturated carbocycles. The molecular formula is C23H17F6N7O3. The van der Waals surface area contributed by atoms with Crippen LogP contribution in [0.3, 0.4) is 0 Å². The van der Waals surface area contributed by atoms with Gasteiger partial charge in [-0.1, -0.05) is 5.11 Å². The first-order valence-corrected chi connectivity index (χ1v) is 10.8. The Morgan fingerprint density at radius 3 is 2.59 bits per heavy atom. The number of alkyl halides is 6. The first kappa shape index (κ1) is 28.7. The number of aromatic hydroxyl groups is 1. The van der Waals surface area contributed by atoms with E-state index in [0.29, 0.717) is 18.3 Å². The number of amides is 1. The van der Waals surface area contributed by atoms with Crippen LogP contribution in [0.25, 0.3) is 32.8 Å². The highest BCUT2D eigenvalue weighted by Gasteiger charge is 2.35. The highest BCUT2D eigenvalue weighted by atomic mass is 19.4. The van der Waals surface area contributed by atoms with Gasteiger partial charge in [0.25, 0.3) is 0 Å². The lowest BCUT2D eigenvalue weighted by atomic mass is 9.98. The third-order valence-electron chi connectivity index (χ3n) is 5.12. The zero-order chi connectivity index (χ0) is 28.8. The molecule has 16 heteroatoms. The predicted molar refractivity (Wildman–Crippen MR) is 124 cm³/mol. The molecule has 39 heavy (non-hydrogen) atoms. The van der Waals surface area contributed by atoms with Crippen molar-refractivity contribution in [2.45, 2.75) is 24.8 Å². The number of rotatable bonds is 9. The van der Waals surface area contributed by atoms with Crippen LogP contribution < -0.4 is 10.1 Å². The Morgan fingerprint density at radius 2 is 1.97 bits per heavy atom. The molecule has 1 unspecified atom stereocenters. The minimum Gasteiger partial charge on any atom is -0.506 e. The zero-order valence-electron chi connectivity index (χ0n) is 19.5. The molecule has 0 saturated heterocycles. The highest BCUT2D eigenvalue weighted by molar-refractivity contribution is 5.85. The number of H-pyrrole nitrogens is 1. The summed E-state index contributed by atoms with van der Waals surface area (Å²) in [5, 5.41) is 21.9. The van der Waals surface area contributed by atoms with Gasteiger partial charge >= 0.3 is 12.4 Å². The summed E-state index contributed by atoms with van der Waals surface area (Å²) in [6.07, 6.45) is -3.05. The van der Waals surface area contributed by atoms with Gasteiger partial charge in [-0.3, -0.25) is 14.9 Å². The molecule has 1 atom stereocenters. The number of phenolic OH excluding ortho intramolecular Hbond substituents is 1. The maximum absolute atomic E-state index is 13.3. The molecule has 10 nitrogen and oxygen atoms in total. The number of azide groups is 1. The van der Waals surface area contributed by atoms with Crippen molar-refractivity contribution in [1.29, 1.82) is 0 Å². The van der Waals surface area contributed by atoms with Crippen LogP contribution in [0.4, 0.5) is 26.3 Å². The van der Waals surface area contributed by atoms with E-state index in [-0.39, 0.29) is 47.7 Å². The van der Waals surface area contributed by atoms with Crippen molar-refractivity contribution in [1.82, 2.24) is 20.5 Å². The average Bonchev–Trinajstić information content (AvgIpc) is 3.37. The first-order chi connectivity index (χ1) is 18.4. The quantitative estimate of drug-likeness (QED) is 0.0844. The van der Waals surface area contributed by atoms with Gasteiger partial charge in [0, 0.05) is 34.9 Å². The molecule has 3 N–H and O–H groups in total. The first-order valence-electron chi connectivity index (χ1n) is 10.8. The average molecular weight is 553 g/mol. The molecule has 204 valence electrons. The van der Waals surface area contributed by atoms with Crippen molar-refractivity contribution < 1.29 is 41.0 Å². The highest BCUT2D eigenvalue weighted by Crippen LogP contribution is 2.45. The minimum absolute atomic E-state index is 0.164. The summed E-state index contributed by atoms with van der Waals surface area (Å²) >= 11 is 0. The number of aromatic amines is 1. The number of aromatic nitrogens is 3. The van der Waals surface area contributed by atoms with E-state index in [1.807, 2.05) is 0 Å². The van der Waals surface area contributed by atoms with Gasteiger partial charge in [-0.15, -0.1) is 12.3 Å². The molecule has 0 aliphatic carbocycles. The van der Waals surface area contributed by atoms with Crippen LogP contribution in [0.15, 0.2) is 41.8 Å². The van der Waals surface area contributed by atoms with Gasteiger partial charge in [0.1, 0.15) is 24.1 Å². The Balaban J connectivity index is 1.95. The Hall–Kier alpha value is -4.90. The Labute approximate surface area is 215 Å². The van der Waals surface area contributed by atoms with E-state index >= 15 is 0 Å². The number of hydrogen-bond acceptors (Lipinski definition) is 6. The normalized spacial score (nSPS) is 12.2. The molecule has 1 aromatic carbocycles. The standard InChI is InChI=1S/C23H17F6N7O3/c1-2-3-15(34-36-30)21(38)32-6-7-39-17-5-4-14(16-9-18(35-33-16)23(27,28)29)20(37)19(17)12-8-13(11-31-10-12)22(24,25)26/h1,4-5,8-11,15,37H,3,6-7H2,(H,32,38)(H,33,35). The fourth-order valence-electron chi connectivity index (χ4n) is 3.34. The van der Waals surface area contributed by atoms with Gasteiger partial charge in [0.2, 0.25) is 5.91 Å². The van der Waals surface area contributed by atoms with Crippen molar-refractivity contribution in [2.24, 2.45) is 5.11 Å². The van der Waals surface area contributed by atoms with E-state index in [1.54, 1.807) is 0 Å². The van der Waals surface area contributed by atoms with Crippen molar-refractivity contribution in [3.63, 3.8) is 0 Å². The van der Waals surface area contributed by atoms with Crippen LogP contribution in [0.2, 0.25) is 0 Å². The SMILES string of the molecule is C#CCC(N=[N+]=[N-])C(=O)NCCOc1ccc(-c2cc(C(F)(F)F)n[nH]2)c(O)c1-c1cncc(C(F)(F)F)c1. The van der Waals surface area contributed by atoms with Crippen molar-refractivity contribution in [3.05, 3.63) is 58.4 Å². The molecule has 0 fully saturated rings. The van der Waals surface area contributed by atoms with E-state index in [1.165, 1.54) is 12.1 Å². The number of nitrogens with one attached hydrogen (secondary N) is 2. The van der Waals surface area contributed by atoms with Gasteiger partial charge in [0.05, 0.1) is 23.4 Å². The monoisotopic (exact) mass is 553 g/mol. The van der Waals surface area contributed by atoms with Crippen LogP contribution in [-0.4, -0.2) is 45.4 Å². The number of ether oxygens (including phenoxy) is 1. The molecule has 3 rings (SSSR count). The van der Waals surface area contributed by atoms with Crippen molar-refractivity contribution >= 4 is 5.91 Å². The van der Waals surface area contributed by atoms with E-state index in [2.05, 4.69) is 36.4 Å². The second kappa shape index (κ2) is 11.7. The Kier molecular flexibility index (Phi) is 8.57. The maximum atomic E-state index is 13.3. The molecule has 0 aliphatic heterocycles. The number of phenols is 1. The van der Waals surface area contributed by atoms with Crippen LogP contribution in [-0.2, 0) is 17.1 Å². The van der Waals surface area contributed by atoms with Gasteiger partial charge in [-0.05, 0) is 29.8 Å². The summed E-state index contributed by atoms with van der Waals surface area (Å²) in [5.74, 6) is 0.601. The Bertz CT molecular complexity index is 1440. The molecule has 1 amide bonds. The molecule has 2 aromatic heterocycles. The van der Waals surface area contributed by atoms with E-state index in [0.717, 1.165) is 6.20 Å². The minimum atomic E-state index is -4.79. The second-order valence-electron chi connectivity index (χ2n) is 7.73. The molecular weight excluding hydrogens is 536 g/mol. The summed E-state index contributed by atoms with van der Waals surface area (Å²) in [6, 6.07) is 2.51. The fourth-order valence-corrected chi connectivity index (χ4v) is 3.34. The lowest BCUT2D eigenvalue weighted by Crippen LogP contribution is -2.35. The van der Waals surface area contributed by atoms with Gasteiger partial charge in [-0.2, -0.15) is 31.4 Å². The summed E-state index contributed by atoms with van der Waals surface area (Å²) < 4.78 is 84.5. The smallest absolute Gasteiger partial charge is 0.435 e. The summed E-state index contributed by atoms with van der Waals surface area (Å²) in [6.45, 7) is -0.440. The van der Waals surface area contributed by atoms with E-state index in [4.69, 9.17) is 16.7 Å².